The van der Waals surface area contributed by atoms with Crippen molar-refractivity contribution in [3.8, 4) is 0 Å². The zero-order valence-corrected chi connectivity index (χ0v) is 13.3. The average Bonchev–Trinajstić information content (AvgIpc) is 2.39. The second-order valence-electron chi connectivity index (χ2n) is 5.86. The average molecular weight is 269 g/mol. The van der Waals surface area contributed by atoms with Crippen molar-refractivity contribution in [2.75, 3.05) is 0 Å². The number of hydrogen-bond acceptors (Lipinski definition) is 1. The molecule has 0 spiro atoms. The summed E-state index contributed by atoms with van der Waals surface area (Å²) in [6, 6.07) is 0. The van der Waals surface area contributed by atoms with Gasteiger partial charge in [-0.1, -0.05) is 84.5 Å². The van der Waals surface area contributed by atoms with E-state index in [2.05, 4.69) is 13.8 Å². The minimum absolute atomic E-state index is 0.0842. The predicted molar refractivity (Wildman–Crippen MR) is 84.1 cm³/mol. The van der Waals surface area contributed by atoms with Crippen LogP contribution < -0.4 is 5.73 Å². The summed E-state index contributed by atoms with van der Waals surface area (Å²) in [4.78, 5) is 11.4. The van der Waals surface area contributed by atoms with Crippen LogP contribution in [-0.2, 0) is 4.79 Å². The maximum absolute atomic E-state index is 11.4. The molecular formula is C17H35NO. The number of rotatable bonds is 14. The third-order valence-corrected chi connectivity index (χ3v) is 3.96. The largest absolute Gasteiger partial charge is 0.369 e. The van der Waals surface area contributed by atoms with Crippen molar-refractivity contribution in [3.05, 3.63) is 0 Å². The fraction of sp³-hybridized carbons (Fsp3) is 0.941. The van der Waals surface area contributed by atoms with Gasteiger partial charge in [0.2, 0.25) is 5.91 Å². The molecule has 19 heavy (non-hydrogen) atoms. The van der Waals surface area contributed by atoms with Gasteiger partial charge >= 0.3 is 0 Å². The van der Waals surface area contributed by atoms with Gasteiger partial charge in [-0.05, 0) is 12.8 Å². The van der Waals surface area contributed by atoms with Gasteiger partial charge < -0.3 is 5.73 Å². The van der Waals surface area contributed by atoms with Gasteiger partial charge in [0.15, 0.2) is 0 Å². The van der Waals surface area contributed by atoms with Gasteiger partial charge in [-0.2, -0.15) is 0 Å². The molecule has 2 N–H and O–H groups in total. The molecule has 1 amide bonds. The van der Waals surface area contributed by atoms with E-state index in [-0.39, 0.29) is 11.8 Å². The highest BCUT2D eigenvalue weighted by atomic mass is 16.1. The van der Waals surface area contributed by atoms with E-state index in [0.29, 0.717) is 0 Å². The first-order valence-corrected chi connectivity index (χ1v) is 8.51. The number of unbranched alkanes of at least 4 members (excludes halogenated alkanes) is 9. The Kier molecular flexibility index (Phi) is 13.5. The molecule has 0 aliphatic heterocycles. The maximum atomic E-state index is 11.4. The minimum Gasteiger partial charge on any atom is -0.369 e. The molecule has 0 radical (unpaired) electrons. The molecule has 0 aromatic rings. The van der Waals surface area contributed by atoms with Crippen LogP contribution in [0.1, 0.15) is 97.3 Å². The normalized spacial score (nSPS) is 12.5. The van der Waals surface area contributed by atoms with Gasteiger partial charge in [-0.25, -0.2) is 0 Å². The third kappa shape index (κ3) is 12.3. The highest BCUT2D eigenvalue weighted by Crippen LogP contribution is 2.18. The molecule has 1 unspecified atom stereocenters. The molecule has 0 rings (SSSR count). The molecule has 0 saturated heterocycles. The van der Waals surface area contributed by atoms with Gasteiger partial charge in [0.05, 0.1) is 0 Å². The second kappa shape index (κ2) is 13.9. The minimum atomic E-state index is -0.0842. The van der Waals surface area contributed by atoms with Crippen LogP contribution >= 0.6 is 0 Å². The summed E-state index contributed by atoms with van der Waals surface area (Å²) in [7, 11) is 0. The highest BCUT2D eigenvalue weighted by molar-refractivity contribution is 5.76. The SMILES string of the molecule is CCCCCCCCCCC(CCCCC)C(N)=O. The van der Waals surface area contributed by atoms with E-state index in [4.69, 9.17) is 5.73 Å². The molecule has 0 bridgehead atoms. The van der Waals surface area contributed by atoms with Crippen molar-refractivity contribution >= 4 is 5.91 Å². The summed E-state index contributed by atoms with van der Waals surface area (Å²) in [5.41, 5.74) is 5.48. The van der Waals surface area contributed by atoms with Crippen LogP contribution in [0, 0.1) is 5.92 Å². The molecule has 0 saturated carbocycles. The van der Waals surface area contributed by atoms with Crippen LogP contribution in [0.3, 0.4) is 0 Å². The van der Waals surface area contributed by atoms with Crippen LogP contribution in [0.15, 0.2) is 0 Å². The first kappa shape index (κ1) is 18.5. The number of carbonyl (C=O) groups excluding carboxylic acids is 1. The van der Waals surface area contributed by atoms with E-state index >= 15 is 0 Å². The molecule has 2 nitrogen and oxygen atoms in total. The van der Waals surface area contributed by atoms with Crippen LogP contribution in [0.25, 0.3) is 0 Å². The van der Waals surface area contributed by atoms with Crippen molar-refractivity contribution in [1.82, 2.24) is 0 Å². The Labute approximate surface area is 120 Å². The third-order valence-electron chi connectivity index (χ3n) is 3.96. The molecule has 0 aliphatic carbocycles. The monoisotopic (exact) mass is 269 g/mol. The smallest absolute Gasteiger partial charge is 0.220 e. The first-order valence-electron chi connectivity index (χ1n) is 8.51. The number of carbonyl (C=O) groups is 1. The summed E-state index contributed by atoms with van der Waals surface area (Å²) in [5, 5.41) is 0. The van der Waals surface area contributed by atoms with Crippen molar-refractivity contribution in [3.63, 3.8) is 0 Å². The lowest BCUT2D eigenvalue weighted by molar-refractivity contribution is -0.122. The molecular weight excluding hydrogens is 234 g/mol. The van der Waals surface area contributed by atoms with Gasteiger partial charge in [0, 0.05) is 5.92 Å². The highest BCUT2D eigenvalue weighted by Gasteiger charge is 2.13. The van der Waals surface area contributed by atoms with Gasteiger partial charge in [0.25, 0.3) is 0 Å². The van der Waals surface area contributed by atoms with Gasteiger partial charge in [-0.3, -0.25) is 4.79 Å². The molecule has 0 heterocycles. The second-order valence-corrected chi connectivity index (χ2v) is 5.86. The lowest BCUT2D eigenvalue weighted by Gasteiger charge is -2.12. The van der Waals surface area contributed by atoms with E-state index in [1.54, 1.807) is 0 Å². The Morgan fingerprint density at radius 1 is 0.737 bits per heavy atom. The summed E-state index contributed by atoms with van der Waals surface area (Å²) in [6.45, 7) is 4.44. The van der Waals surface area contributed by atoms with Crippen LogP contribution in [0.2, 0.25) is 0 Å². The standard InChI is InChI=1S/C17H35NO/c1-3-5-7-8-9-10-11-13-15-16(17(18)19)14-12-6-4-2/h16H,3-15H2,1-2H3,(H2,18,19). The topological polar surface area (TPSA) is 43.1 Å². The lowest BCUT2D eigenvalue weighted by Crippen LogP contribution is -2.23. The quantitative estimate of drug-likeness (QED) is 0.433. The Hall–Kier alpha value is -0.530. The molecule has 2 heteroatoms. The molecule has 0 aromatic heterocycles. The Morgan fingerprint density at radius 2 is 1.11 bits per heavy atom. The molecule has 0 aliphatic rings. The van der Waals surface area contributed by atoms with Crippen molar-refractivity contribution in [2.45, 2.75) is 97.3 Å². The summed E-state index contributed by atoms with van der Waals surface area (Å²) >= 11 is 0. The fourth-order valence-corrected chi connectivity index (χ4v) is 2.59. The van der Waals surface area contributed by atoms with Crippen molar-refractivity contribution in [2.24, 2.45) is 11.7 Å². The van der Waals surface area contributed by atoms with Crippen molar-refractivity contribution < 1.29 is 4.79 Å². The van der Waals surface area contributed by atoms with Gasteiger partial charge in [0.1, 0.15) is 0 Å². The molecule has 1 atom stereocenters. The Balaban J connectivity index is 3.45. The van der Waals surface area contributed by atoms with Crippen LogP contribution in [0.5, 0.6) is 0 Å². The molecule has 0 fully saturated rings. The summed E-state index contributed by atoms with van der Waals surface area (Å²) < 4.78 is 0. The van der Waals surface area contributed by atoms with E-state index in [9.17, 15) is 4.79 Å². The van der Waals surface area contributed by atoms with Crippen LogP contribution in [-0.4, -0.2) is 5.91 Å². The van der Waals surface area contributed by atoms with E-state index in [1.165, 1.54) is 64.2 Å². The number of hydrogen-bond donors (Lipinski definition) is 1. The Morgan fingerprint density at radius 3 is 1.58 bits per heavy atom. The molecule has 0 aromatic carbocycles. The maximum Gasteiger partial charge on any atom is 0.220 e. The number of amides is 1. The van der Waals surface area contributed by atoms with Crippen LogP contribution in [0.4, 0.5) is 0 Å². The molecule has 114 valence electrons. The summed E-state index contributed by atoms with van der Waals surface area (Å²) in [5.74, 6) is 0.0469. The summed E-state index contributed by atoms with van der Waals surface area (Å²) in [6.07, 6.45) is 16.2. The van der Waals surface area contributed by atoms with E-state index < -0.39 is 0 Å². The first-order chi connectivity index (χ1) is 9.22. The number of nitrogens with two attached hydrogens (primary N) is 1. The van der Waals surface area contributed by atoms with Crippen molar-refractivity contribution in [1.29, 1.82) is 0 Å². The number of primary amides is 1. The zero-order chi connectivity index (χ0) is 14.3. The van der Waals surface area contributed by atoms with Gasteiger partial charge in [-0.15, -0.1) is 0 Å². The zero-order valence-electron chi connectivity index (χ0n) is 13.3. The Bertz CT molecular complexity index is 203. The lowest BCUT2D eigenvalue weighted by atomic mass is 9.94. The fourth-order valence-electron chi connectivity index (χ4n) is 2.59. The predicted octanol–water partition coefficient (Wildman–Crippen LogP) is 5.20. The van der Waals surface area contributed by atoms with E-state index in [1.807, 2.05) is 0 Å². The van der Waals surface area contributed by atoms with E-state index in [0.717, 1.165) is 19.3 Å².